The van der Waals surface area contributed by atoms with Crippen molar-refractivity contribution in [3.05, 3.63) is 42.6 Å². The van der Waals surface area contributed by atoms with E-state index in [0.717, 1.165) is 22.5 Å². The zero-order chi connectivity index (χ0) is 15.1. The molecule has 0 aliphatic rings. The van der Waals surface area contributed by atoms with Crippen molar-refractivity contribution in [3.8, 4) is 0 Å². The first-order valence-corrected chi connectivity index (χ1v) is 9.71. The van der Waals surface area contributed by atoms with E-state index in [1.54, 1.807) is 0 Å². The summed E-state index contributed by atoms with van der Waals surface area (Å²) >= 11 is 13.6. The first kappa shape index (κ1) is 16.3. The number of anilines is 1. The van der Waals surface area contributed by atoms with E-state index in [9.17, 15) is 8.42 Å². The fraction of sp³-hybridized carbons (Fsp3) is 0.167. The third kappa shape index (κ3) is 3.39. The largest absolute Gasteiger partial charge is 0.278 e. The number of hydrogen-bond acceptors (Lipinski definition) is 3. The highest BCUT2D eigenvalue weighted by atomic mass is 79.9. The summed E-state index contributed by atoms with van der Waals surface area (Å²) < 4.78 is 28.8. The van der Waals surface area contributed by atoms with Gasteiger partial charge in [-0.05, 0) is 69.0 Å². The second-order valence-corrected chi connectivity index (χ2v) is 9.77. The molecule has 0 amide bonds. The van der Waals surface area contributed by atoms with Gasteiger partial charge in [-0.1, -0.05) is 17.7 Å². The van der Waals surface area contributed by atoms with Crippen LogP contribution in [0.3, 0.4) is 0 Å². The van der Waals surface area contributed by atoms with Gasteiger partial charge in [-0.15, -0.1) is 11.3 Å². The highest BCUT2D eigenvalue weighted by Crippen LogP contribution is 2.36. The maximum atomic E-state index is 12.4. The maximum Gasteiger partial charge on any atom is 0.271 e. The van der Waals surface area contributed by atoms with Gasteiger partial charge in [-0.25, -0.2) is 8.42 Å². The van der Waals surface area contributed by atoms with Crippen molar-refractivity contribution in [1.82, 2.24) is 0 Å². The molecule has 0 unspecified atom stereocenters. The molecule has 0 spiro atoms. The fourth-order valence-corrected chi connectivity index (χ4v) is 6.14. The smallest absolute Gasteiger partial charge is 0.271 e. The number of benzene rings is 1. The van der Waals surface area contributed by atoms with Crippen molar-refractivity contribution in [1.29, 1.82) is 0 Å². The van der Waals surface area contributed by atoms with Crippen LogP contribution in [0.5, 0.6) is 0 Å². The SMILES string of the molecule is Cc1cc(C)c(NS(=O)(=O)c2cc(Cl)c(Br)s2)c(Br)c1. The summed E-state index contributed by atoms with van der Waals surface area (Å²) in [6, 6.07) is 5.21. The van der Waals surface area contributed by atoms with Crippen LogP contribution in [0.25, 0.3) is 0 Å². The van der Waals surface area contributed by atoms with Gasteiger partial charge >= 0.3 is 0 Å². The lowest BCUT2D eigenvalue weighted by atomic mass is 10.1. The van der Waals surface area contributed by atoms with Gasteiger partial charge < -0.3 is 0 Å². The fourth-order valence-electron chi connectivity index (χ4n) is 1.69. The normalized spacial score (nSPS) is 11.7. The number of thiophene rings is 1. The predicted octanol–water partition coefficient (Wildman–Crippen LogP) is 5.34. The van der Waals surface area contributed by atoms with E-state index in [1.807, 2.05) is 26.0 Å². The molecule has 1 N–H and O–H groups in total. The van der Waals surface area contributed by atoms with Crippen LogP contribution in [0.2, 0.25) is 5.02 Å². The Morgan fingerprint density at radius 3 is 2.35 bits per heavy atom. The molecule has 8 heteroatoms. The lowest BCUT2D eigenvalue weighted by Crippen LogP contribution is -2.13. The summed E-state index contributed by atoms with van der Waals surface area (Å²) in [5.74, 6) is 0. The molecular weight excluding hydrogens is 450 g/mol. The van der Waals surface area contributed by atoms with Crippen molar-refractivity contribution >= 4 is 70.5 Å². The average Bonchev–Trinajstić information content (AvgIpc) is 2.65. The molecule has 0 saturated heterocycles. The number of nitrogens with one attached hydrogen (secondary N) is 1. The molecule has 0 saturated carbocycles. The van der Waals surface area contributed by atoms with Crippen LogP contribution >= 0.6 is 54.8 Å². The lowest BCUT2D eigenvalue weighted by Gasteiger charge is -2.12. The number of sulfonamides is 1. The van der Waals surface area contributed by atoms with E-state index in [-0.39, 0.29) is 4.21 Å². The highest BCUT2D eigenvalue weighted by molar-refractivity contribution is 9.11. The first-order valence-electron chi connectivity index (χ1n) is 5.45. The molecule has 0 aliphatic heterocycles. The van der Waals surface area contributed by atoms with Gasteiger partial charge in [0.05, 0.1) is 14.5 Å². The van der Waals surface area contributed by atoms with Crippen LogP contribution in [0.15, 0.2) is 30.7 Å². The molecule has 0 fully saturated rings. The van der Waals surface area contributed by atoms with E-state index < -0.39 is 10.0 Å². The number of halogens is 3. The second-order valence-electron chi connectivity index (χ2n) is 4.23. The molecule has 1 heterocycles. The van der Waals surface area contributed by atoms with Crippen LogP contribution in [-0.4, -0.2) is 8.42 Å². The molecule has 2 rings (SSSR count). The summed E-state index contributed by atoms with van der Waals surface area (Å²) in [7, 11) is -3.65. The van der Waals surface area contributed by atoms with Crippen molar-refractivity contribution < 1.29 is 8.42 Å². The van der Waals surface area contributed by atoms with Gasteiger partial charge in [0.15, 0.2) is 0 Å². The highest BCUT2D eigenvalue weighted by Gasteiger charge is 2.21. The van der Waals surface area contributed by atoms with Crippen molar-refractivity contribution in [3.63, 3.8) is 0 Å². The minimum absolute atomic E-state index is 0.168. The first-order chi connectivity index (χ1) is 9.20. The Morgan fingerprint density at radius 1 is 1.20 bits per heavy atom. The quantitative estimate of drug-likeness (QED) is 0.673. The number of hydrogen-bond donors (Lipinski definition) is 1. The van der Waals surface area contributed by atoms with Crippen molar-refractivity contribution in [2.45, 2.75) is 18.1 Å². The molecule has 1 aromatic heterocycles. The zero-order valence-electron chi connectivity index (χ0n) is 10.5. The maximum absolute atomic E-state index is 12.4. The van der Waals surface area contributed by atoms with Gasteiger partial charge in [-0.3, -0.25) is 4.72 Å². The van der Waals surface area contributed by atoms with E-state index >= 15 is 0 Å². The molecule has 2 aromatic rings. The summed E-state index contributed by atoms with van der Waals surface area (Å²) in [5.41, 5.74) is 2.44. The summed E-state index contributed by atoms with van der Waals surface area (Å²) in [4.78, 5) is 0. The molecule has 1 aromatic carbocycles. The Morgan fingerprint density at radius 2 is 1.85 bits per heavy atom. The van der Waals surface area contributed by atoms with E-state index in [4.69, 9.17) is 11.6 Å². The minimum atomic E-state index is -3.65. The standard InChI is InChI=1S/C12H10Br2ClNO2S2/c1-6-3-7(2)11(8(13)4-6)16-20(17,18)10-5-9(15)12(14)19-10/h3-5,16H,1-2H3. The van der Waals surface area contributed by atoms with Gasteiger partial charge in [0, 0.05) is 4.47 Å². The van der Waals surface area contributed by atoms with Gasteiger partial charge in [0.25, 0.3) is 10.0 Å². The number of aryl methyl sites for hydroxylation is 2. The third-order valence-corrected chi connectivity index (χ3v) is 7.48. The Kier molecular flexibility index (Phi) is 4.86. The van der Waals surface area contributed by atoms with Crippen LogP contribution in [0, 0.1) is 13.8 Å². The average molecular weight is 460 g/mol. The van der Waals surface area contributed by atoms with Crippen molar-refractivity contribution in [2.24, 2.45) is 0 Å². The zero-order valence-corrected chi connectivity index (χ0v) is 16.1. The number of rotatable bonds is 3. The van der Waals surface area contributed by atoms with Crippen LogP contribution in [0.1, 0.15) is 11.1 Å². The monoisotopic (exact) mass is 457 g/mol. The van der Waals surface area contributed by atoms with Crippen molar-refractivity contribution in [2.75, 3.05) is 4.72 Å². The summed E-state index contributed by atoms with van der Waals surface area (Å²) in [5, 5.41) is 0.384. The Balaban J connectivity index is 2.43. The Bertz CT molecular complexity index is 729. The predicted molar refractivity (Wildman–Crippen MR) is 91.5 cm³/mol. The summed E-state index contributed by atoms with van der Waals surface area (Å²) in [6.07, 6.45) is 0. The van der Waals surface area contributed by atoms with Crippen LogP contribution in [-0.2, 0) is 10.0 Å². The van der Waals surface area contributed by atoms with Gasteiger partial charge in [0.2, 0.25) is 0 Å². The van der Waals surface area contributed by atoms with Crippen LogP contribution < -0.4 is 4.72 Å². The molecule has 20 heavy (non-hydrogen) atoms. The molecule has 108 valence electrons. The molecule has 3 nitrogen and oxygen atoms in total. The van der Waals surface area contributed by atoms with E-state index in [0.29, 0.717) is 19.0 Å². The van der Waals surface area contributed by atoms with Crippen LogP contribution in [0.4, 0.5) is 5.69 Å². The van der Waals surface area contributed by atoms with Gasteiger partial charge in [-0.2, -0.15) is 0 Å². The lowest BCUT2D eigenvalue weighted by molar-refractivity contribution is 0.603. The molecule has 0 bridgehead atoms. The molecule has 0 aliphatic carbocycles. The third-order valence-electron chi connectivity index (χ3n) is 2.56. The van der Waals surface area contributed by atoms with E-state index in [2.05, 4.69) is 36.6 Å². The second kappa shape index (κ2) is 5.96. The molecule has 0 atom stereocenters. The Labute approximate surface area is 143 Å². The summed E-state index contributed by atoms with van der Waals surface area (Å²) in [6.45, 7) is 3.80. The molecular formula is C12H10Br2ClNO2S2. The van der Waals surface area contributed by atoms with Gasteiger partial charge in [0.1, 0.15) is 4.21 Å². The van der Waals surface area contributed by atoms with E-state index in [1.165, 1.54) is 6.07 Å². The topological polar surface area (TPSA) is 46.2 Å². The minimum Gasteiger partial charge on any atom is -0.278 e. The molecule has 0 radical (unpaired) electrons. The Hall–Kier alpha value is -0.0800.